The van der Waals surface area contributed by atoms with Gasteiger partial charge in [-0.25, -0.2) is 0 Å². The van der Waals surface area contributed by atoms with Crippen molar-refractivity contribution in [2.24, 2.45) is 5.92 Å². The summed E-state index contributed by atoms with van der Waals surface area (Å²) < 4.78 is 6.45. The van der Waals surface area contributed by atoms with E-state index in [9.17, 15) is 9.90 Å². The molecule has 1 saturated heterocycles. The Morgan fingerprint density at radius 3 is 2.42 bits per heavy atom. The van der Waals surface area contributed by atoms with Crippen LogP contribution in [-0.2, 0) is 9.53 Å². The molecule has 1 aromatic carbocycles. The minimum Gasteiger partial charge on any atom is -0.481 e. The van der Waals surface area contributed by atoms with Crippen LogP contribution in [-0.4, -0.2) is 48.3 Å². The third-order valence-electron chi connectivity index (χ3n) is 5.22. The number of carboxylic acids is 1. The van der Waals surface area contributed by atoms with Crippen LogP contribution in [0.1, 0.15) is 37.2 Å². The molecular weight excluding hydrogens is 394 g/mol. The number of morpholine rings is 1. The van der Waals surface area contributed by atoms with Crippen molar-refractivity contribution in [3.05, 3.63) is 34.3 Å². The number of benzene rings is 1. The number of ether oxygens (including phenoxy) is 1. The van der Waals surface area contributed by atoms with Crippen molar-refractivity contribution in [2.45, 2.75) is 37.6 Å². The van der Waals surface area contributed by atoms with Crippen molar-refractivity contribution in [3.8, 4) is 0 Å². The Labute approximate surface area is 158 Å². The fourth-order valence-corrected chi connectivity index (χ4v) is 4.40. The van der Waals surface area contributed by atoms with Crippen LogP contribution in [0.4, 0.5) is 0 Å². The van der Waals surface area contributed by atoms with E-state index in [0.29, 0.717) is 6.04 Å². The zero-order valence-corrected chi connectivity index (χ0v) is 16.1. The number of halogens is 2. The summed E-state index contributed by atoms with van der Waals surface area (Å²) in [7, 11) is 0. The largest absolute Gasteiger partial charge is 0.481 e. The minimum absolute atomic E-state index is 0. The Hall–Kier alpha value is -0.620. The van der Waals surface area contributed by atoms with Gasteiger partial charge in [-0.15, -0.1) is 12.4 Å². The van der Waals surface area contributed by atoms with Crippen LogP contribution in [0.5, 0.6) is 0 Å². The van der Waals surface area contributed by atoms with E-state index in [1.165, 1.54) is 6.42 Å². The zero-order valence-electron chi connectivity index (χ0n) is 13.7. The summed E-state index contributed by atoms with van der Waals surface area (Å²) in [6.07, 6.45) is 4.43. The number of aliphatic carboxylic acids is 1. The van der Waals surface area contributed by atoms with E-state index in [2.05, 4.69) is 20.8 Å². The molecule has 0 aromatic heterocycles. The summed E-state index contributed by atoms with van der Waals surface area (Å²) in [6, 6.07) is 8.15. The number of hydrogen-bond donors (Lipinski definition) is 1. The lowest BCUT2D eigenvalue weighted by Gasteiger charge is -2.43. The van der Waals surface area contributed by atoms with Gasteiger partial charge in [-0.2, -0.15) is 0 Å². The van der Waals surface area contributed by atoms with Crippen LogP contribution in [0.25, 0.3) is 0 Å². The molecule has 134 valence electrons. The van der Waals surface area contributed by atoms with Crippen LogP contribution < -0.4 is 0 Å². The van der Waals surface area contributed by atoms with Gasteiger partial charge in [0.2, 0.25) is 0 Å². The van der Waals surface area contributed by atoms with E-state index >= 15 is 0 Å². The third-order valence-corrected chi connectivity index (χ3v) is 5.75. The van der Waals surface area contributed by atoms with E-state index in [4.69, 9.17) is 4.74 Å². The standard InChI is InChI=1S/C18H24BrNO3.ClH/c19-14-7-5-13(6-8-14)17(18(21)22)15-3-1-2-4-16(15)20-9-11-23-12-10-20;/h5-8,15-17H,1-4,9-12H2,(H,21,22);1H/t15-,16-,17?;/m1./s1. The van der Waals surface area contributed by atoms with Gasteiger partial charge in [-0.3, -0.25) is 9.69 Å². The first kappa shape index (κ1) is 19.7. The van der Waals surface area contributed by atoms with E-state index in [-0.39, 0.29) is 18.3 Å². The quantitative estimate of drug-likeness (QED) is 0.805. The number of carbonyl (C=O) groups is 1. The van der Waals surface area contributed by atoms with Crippen LogP contribution in [0.15, 0.2) is 28.7 Å². The highest BCUT2D eigenvalue weighted by Gasteiger charge is 2.39. The summed E-state index contributed by atoms with van der Waals surface area (Å²) in [6.45, 7) is 3.38. The highest BCUT2D eigenvalue weighted by Crippen LogP contribution is 2.39. The first-order chi connectivity index (χ1) is 11.2. The van der Waals surface area contributed by atoms with Crippen LogP contribution in [0, 0.1) is 5.92 Å². The van der Waals surface area contributed by atoms with E-state index in [0.717, 1.165) is 55.6 Å². The van der Waals surface area contributed by atoms with Gasteiger partial charge >= 0.3 is 5.97 Å². The zero-order chi connectivity index (χ0) is 16.2. The third kappa shape index (κ3) is 4.51. The Morgan fingerprint density at radius 2 is 1.79 bits per heavy atom. The average molecular weight is 419 g/mol. The number of hydrogen-bond acceptors (Lipinski definition) is 3. The molecule has 3 atom stereocenters. The van der Waals surface area contributed by atoms with Gasteiger partial charge in [0.1, 0.15) is 0 Å². The normalized spacial score (nSPS) is 26.4. The van der Waals surface area contributed by atoms with E-state index in [1.54, 1.807) is 0 Å². The van der Waals surface area contributed by atoms with Gasteiger partial charge in [0.15, 0.2) is 0 Å². The molecule has 1 heterocycles. The topological polar surface area (TPSA) is 49.8 Å². The van der Waals surface area contributed by atoms with Crippen molar-refractivity contribution in [2.75, 3.05) is 26.3 Å². The second-order valence-electron chi connectivity index (χ2n) is 6.53. The molecule has 1 aromatic rings. The fraction of sp³-hybridized carbons (Fsp3) is 0.611. The minimum atomic E-state index is -0.697. The van der Waals surface area contributed by atoms with Crippen molar-refractivity contribution in [1.29, 1.82) is 0 Å². The number of rotatable bonds is 4. The highest BCUT2D eigenvalue weighted by molar-refractivity contribution is 9.10. The summed E-state index contributed by atoms with van der Waals surface area (Å²) >= 11 is 3.43. The van der Waals surface area contributed by atoms with Crippen molar-refractivity contribution in [3.63, 3.8) is 0 Å². The molecule has 0 amide bonds. The molecule has 24 heavy (non-hydrogen) atoms. The lowest BCUT2D eigenvalue weighted by atomic mass is 9.73. The summed E-state index contributed by atoms with van der Waals surface area (Å²) in [5.74, 6) is -0.936. The van der Waals surface area contributed by atoms with Crippen molar-refractivity contribution in [1.82, 2.24) is 4.90 Å². The molecule has 0 radical (unpaired) electrons. The van der Waals surface area contributed by atoms with Gasteiger partial charge in [0, 0.05) is 23.6 Å². The number of nitrogens with zero attached hydrogens (tertiary/aromatic N) is 1. The molecular formula is C18H25BrClNO3. The Morgan fingerprint density at radius 1 is 1.17 bits per heavy atom. The lowest BCUT2D eigenvalue weighted by Crippen LogP contribution is -2.50. The van der Waals surface area contributed by atoms with Gasteiger partial charge in [-0.05, 0) is 36.5 Å². The van der Waals surface area contributed by atoms with Crippen LogP contribution in [0.3, 0.4) is 0 Å². The smallest absolute Gasteiger partial charge is 0.311 e. The molecule has 0 bridgehead atoms. The Bertz CT molecular complexity index is 534. The van der Waals surface area contributed by atoms with Crippen LogP contribution >= 0.6 is 28.3 Å². The molecule has 1 saturated carbocycles. The molecule has 6 heteroatoms. The molecule has 1 unspecified atom stereocenters. The Balaban J connectivity index is 0.00000208. The van der Waals surface area contributed by atoms with Gasteiger partial charge in [-0.1, -0.05) is 40.9 Å². The summed E-state index contributed by atoms with van der Waals surface area (Å²) in [4.78, 5) is 14.5. The second kappa shape index (κ2) is 9.18. The molecule has 1 aliphatic heterocycles. The maximum absolute atomic E-state index is 12.1. The van der Waals surface area contributed by atoms with Gasteiger partial charge < -0.3 is 9.84 Å². The lowest BCUT2D eigenvalue weighted by molar-refractivity contribution is -0.141. The maximum Gasteiger partial charge on any atom is 0.311 e. The summed E-state index contributed by atoms with van der Waals surface area (Å²) in [5.41, 5.74) is 0.922. The monoisotopic (exact) mass is 417 g/mol. The SMILES string of the molecule is Cl.O=C(O)C(c1ccc(Br)cc1)[C@@H]1CCCC[C@H]1N1CCOCC1. The van der Waals surface area contributed by atoms with E-state index in [1.807, 2.05) is 24.3 Å². The first-order valence-corrected chi connectivity index (χ1v) is 9.26. The van der Waals surface area contributed by atoms with E-state index < -0.39 is 11.9 Å². The molecule has 1 N–H and O–H groups in total. The second-order valence-corrected chi connectivity index (χ2v) is 7.45. The number of carboxylic acid groups (broad SMARTS) is 1. The van der Waals surface area contributed by atoms with Crippen molar-refractivity contribution < 1.29 is 14.6 Å². The maximum atomic E-state index is 12.1. The Kier molecular flexibility index (Phi) is 7.54. The predicted molar refractivity (Wildman–Crippen MR) is 99.9 cm³/mol. The summed E-state index contributed by atoms with van der Waals surface area (Å²) in [5, 5.41) is 9.91. The molecule has 1 aliphatic carbocycles. The predicted octanol–water partition coefficient (Wildman–Crippen LogP) is 3.93. The van der Waals surface area contributed by atoms with Crippen LogP contribution in [0.2, 0.25) is 0 Å². The first-order valence-electron chi connectivity index (χ1n) is 8.47. The van der Waals surface area contributed by atoms with Gasteiger partial charge in [0.05, 0.1) is 19.1 Å². The fourth-order valence-electron chi connectivity index (χ4n) is 4.13. The van der Waals surface area contributed by atoms with Crippen molar-refractivity contribution >= 4 is 34.3 Å². The molecule has 3 rings (SSSR count). The molecule has 2 aliphatic rings. The molecule has 2 fully saturated rings. The average Bonchev–Trinajstić information content (AvgIpc) is 2.58. The molecule has 4 nitrogen and oxygen atoms in total. The highest BCUT2D eigenvalue weighted by atomic mass is 79.9. The van der Waals surface area contributed by atoms with Gasteiger partial charge in [0.25, 0.3) is 0 Å². The molecule has 0 spiro atoms.